The number of esters is 2. The molecule has 4 rings (SSSR count). The second kappa shape index (κ2) is 9.52. The second-order valence-electron chi connectivity index (χ2n) is 7.46. The quantitative estimate of drug-likeness (QED) is 0.521. The highest BCUT2D eigenvalue weighted by molar-refractivity contribution is 7.17. The zero-order chi connectivity index (χ0) is 22.7. The van der Waals surface area contributed by atoms with E-state index >= 15 is 0 Å². The van der Waals surface area contributed by atoms with Gasteiger partial charge in [0.2, 0.25) is 0 Å². The van der Waals surface area contributed by atoms with Crippen molar-refractivity contribution < 1.29 is 28.3 Å². The predicted octanol–water partition coefficient (Wildman–Crippen LogP) is 4.52. The Kier molecular flexibility index (Phi) is 6.55. The SMILES string of the molecule is CCOC(=O)c1c(NC(=O)C(CC)OC(=O)c2ccc3ncoc3c2)sc2c1CCCC2. The second-order valence-corrected chi connectivity index (χ2v) is 8.57. The van der Waals surface area contributed by atoms with Crippen LogP contribution in [0.15, 0.2) is 29.0 Å². The van der Waals surface area contributed by atoms with Gasteiger partial charge >= 0.3 is 11.9 Å². The molecule has 1 atom stereocenters. The smallest absolute Gasteiger partial charge is 0.341 e. The van der Waals surface area contributed by atoms with Gasteiger partial charge in [-0.05, 0) is 62.8 Å². The first-order chi connectivity index (χ1) is 15.5. The average Bonchev–Trinajstić information content (AvgIpc) is 3.40. The van der Waals surface area contributed by atoms with Crippen LogP contribution >= 0.6 is 11.3 Å². The lowest BCUT2D eigenvalue weighted by atomic mass is 9.95. The van der Waals surface area contributed by atoms with E-state index in [1.54, 1.807) is 26.0 Å². The molecule has 3 aromatic rings. The Balaban J connectivity index is 1.52. The largest absolute Gasteiger partial charge is 0.462 e. The van der Waals surface area contributed by atoms with Gasteiger partial charge in [-0.1, -0.05) is 6.92 Å². The first-order valence-electron chi connectivity index (χ1n) is 10.7. The Bertz CT molecular complexity index is 1160. The third-order valence-corrected chi connectivity index (χ3v) is 6.57. The Hall–Kier alpha value is -3.20. The average molecular weight is 457 g/mol. The van der Waals surface area contributed by atoms with Gasteiger partial charge in [-0.25, -0.2) is 14.6 Å². The molecule has 2 heterocycles. The highest BCUT2D eigenvalue weighted by Gasteiger charge is 2.29. The molecule has 1 amide bonds. The monoisotopic (exact) mass is 456 g/mol. The van der Waals surface area contributed by atoms with Crippen LogP contribution < -0.4 is 5.32 Å². The summed E-state index contributed by atoms with van der Waals surface area (Å²) >= 11 is 1.40. The van der Waals surface area contributed by atoms with Crippen LogP contribution in [0.2, 0.25) is 0 Å². The van der Waals surface area contributed by atoms with Gasteiger partial charge in [0.15, 0.2) is 18.1 Å². The lowest BCUT2D eigenvalue weighted by Crippen LogP contribution is -2.32. The van der Waals surface area contributed by atoms with E-state index in [1.807, 2.05) is 0 Å². The first-order valence-corrected chi connectivity index (χ1v) is 11.5. The Morgan fingerprint density at radius 2 is 2.00 bits per heavy atom. The number of nitrogens with one attached hydrogen (secondary N) is 1. The summed E-state index contributed by atoms with van der Waals surface area (Å²) in [6.07, 6.45) is 4.26. The molecule has 1 aromatic carbocycles. The molecule has 0 aliphatic heterocycles. The van der Waals surface area contributed by atoms with Crippen molar-refractivity contribution in [2.45, 2.75) is 52.1 Å². The number of amides is 1. The summed E-state index contributed by atoms with van der Waals surface area (Å²) < 4.78 is 15.9. The molecule has 32 heavy (non-hydrogen) atoms. The van der Waals surface area contributed by atoms with E-state index in [4.69, 9.17) is 13.9 Å². The van der Waals surface area contributed by atoms with Crippen molar-refractivity contribution >= 4 is 45.3 Å². The van der Waals surface area contributed by atoms with E-state index in [0.717, 1.165) is 36.1 Å². The van der Waals surface area contributed by atoms with Crippen molar-refractivity contribution in [2.75, 3.05) is 11.9 Å². The van der Waals surface area contributed by atoms with Crippen LogP contribution in [-0.4, -0.2) is 35.5 Å². The molecular formula is C23H24N2O6S. The zero-order valence-electron chi connectivity index (χ0n) is 17.9. The molecule has 2 aromatic heterocycles. The van der Waals surface area contributed by atoms with E-state index in [0.29, 0.717) is 21.7 Å². The Labute approximate surface area is 188 Å². The van der Waals surface area contributed by atoms with Crippen molar-refractivity contribution in [3.63, 3.8) is 0 Å². The third-order valence-electron chi connectivity index (χ3n) is 5.37. The Morgan fingerprint density at radius 1 is 1.19 bits per heavy atom. The highest BCUT2D eigenvalue weighted by Crippen LogP contribution is 2.38. The van der Waals surface area contributed by atoms with Gasteiger partial charge in [0.1, 0.15) is 10.5 Å². The maximum absolute atomic E-state index is 13.0. The van der Waals surface area contributed by atoms with Crippen molar-refractivity contribution in [3.8, 4) is 0 Å². The number of anilines is 1. The van der Waals surface area contributed by atoms with Crippen LogP contribution in [0.25, 0.3) is 11.1 Å². The number of rotatable bonds is 7. The van der Waals surface area contributed by atoms with Crippen molar-refractivity contribution in [1.29, 1.82) is 0 Å². The zero-order valence-corrected chi connectivity index (χ0v) is 18.8. The lowest BCUT2D eigenvalue weighted by molar-refractivity contribution is -0.124. The number of carbonyl (C=O) groups is 3. The summed E-state index contributed by atoms with van der Waals surface area (Å²) in [4.78, 5) is 43.3. The maximum Gasteiger partial charge on any atom is 0.341 e. The Morgan fingerprint density at radius 3 is 2.78 bits per heavy atom. The molecule has 0 fully saturated rings. The molecule has 168 valence electrons. The number of nitrogens with zero attached hydrogens (tertiary/aromatic N) is 1. The fraction of sp³-hybridized carbons (Fsp3) is 0.391. The maximum atomic E-state index is 13.0. The molecule has 0 bridgehead atoms. The minimum Gasteiger partial charge on any atom is -0.462 e. The van der Waals surface area contributed by atoms with Gasteiger partial charge in [-0.15, -0.1) is 11.3 Å². The van der Waals surface area contributed by atoms with Crippen LogP contribution in [0.4, 0.5) is 5.00 Å². The topological polar surface area (TPSA) is 108 Å². The van der Waals surface area contributed by atoms with Gasteiger partial charge in [-0.2, -0.15) is 0 Å². The van der Waals surface area contributed by atoms with Gasteiger partial charge in [0, 0.05) is 4.88 Å². The molecule has 0 saturated heterocycles. The molecule has 0 saturated carbocycles. The number of oxazole rings is 1. The van der Waals surface area contributed by atoms with Crippen LogP contribution in [-0.2, 0) is 27.1 Å². The number of aryl methyl sites for hydroxylation is 1. The van der Waals surface area contributed by atoms with Gasteiger partial charge < -0.3 is 19.2 Å². The molecule has 1 unspecified atom stereocenters. The van der Waals surface area contributed by atoms with Crippen molar-refractivity contribution in [2.24, 2.45) is 0 Å². The normalized spacial score (nSPS) is 13.9. The van der Waals surface area contributed by atoms with Crippen LogP contribution in [0.5, 0.6) is 0 Å². The van der Waals surface area contributed by atoms with Gasteiger partial charge in [0.25, 0.3) is 5.91 Å². The number of hydrogen-bond donors (Lipinski definition) is 1. The molecule has 8 nitrogen and oxygen atoms in total. The fourth-order valence-electron chi connectivity index (χ4n) is 3.77. The van der Waals surface area contributed by atoms with Gasteiger partial charge in [0.05, 0.1) is 17.7 Å². The molecule has 0 spiro atoms. The number of ether oxygens (including phenoxy) is 2. The number of hydrogen-bond acceptors (Lipinski definition) is 8. The van der Waals surface area contributed by atoms with E-state index < -0.39 is 23.9 Å². The van der Waals surface area contributed by atoms with Crippen molar-refractivity contribution in [3.05, 3.63) is 46.2 Å². The summed E-state index contributed by atoms with van der Waals surface area (Å²) in [6.45, 7) is 3.75. The third kappa shape index (κ3) is 4.38. The van der Waals surface area contributed by atoms with E-state index in [-0.39, 0.29) is 18.6 Å². The lowest BCUT2D eigenvalue weighted by Gasteiger charge is -2.16. The van der Waals surface area contributed by atoms with Gasteiger partial charge in [-0.3, -0.25) is 4.79 Å². The molecule has 1 aliphatic carbocycles. The molecule has 9 heteroatoms. The van der Waals surface area contributed by atoms with Crippen LogP contribution in [0.1, 0.15) is 64.3 Å². The number of fused-ring (bicyclic) bond motifs is 2. The van der Waals surface area contributed by atoms with Crippen LogP contribution in [0.3, 0.4) is 0 Å². The summed E-state index contributed by atoms with van der Waals surface area (Å²) in [5.74, 6) is -1.56. The van der Waals surface area contributed by atoms with E-state index in [1.165, 1.54) is 23.8 Å². The van der Waals surface area contributed by atoms with Crippen molar-refractivity contribution in [1.82, 2.24) is 4.98 Å². The summed E-state index contributed by atoms with van der Waals surface area (Å²) in [5, 5.41) is 3.27. The summed E-state index contributed by atoms with van der Waals surface area (Å²) in [6, 6.07) is 4.75. The molecule has 1 N–H and O–H groups in total. The first kappa shape index (κ1) is 22.0. The van der Waals surface area contributed by atoms with Crippen LogP contribution in [0, 0.1) is 0 Å². The van der Waals surface area contributed by atoms with E-state index in [2.05, 4.69) is 10.3 Å². The standard InChI is InChI=1S/C23H24N2O6S/c1-3-16(31-22(27)13-9-10-15-17(11-13)30-12-24-15)20(26)25-21-19(23(28)29-4-2)14-7-5-6-8-18(14)32-21/h9-12,16H,3-8H2,1-2H3,(H,25,26). The fourth-order valence-corrected chi connectivity index (χ4v) is 5.05. The summed E-state index contributed by atoms with van der Waals surface area (Å²) in [5.41, 5.74) is 2.73. The molecular weight excluding hydrogens is 432 g/mol. The van der Waals surface area contributed by atoms with E-state index in [9.17, 15) is 14.4 Å². The number of carbonyl (C=O) groups excluding carboxylic acids is 3. The number of benzene rings is 1. The minimum absolute atomic E-state index is 0.252. The highest BCUT2D eigenvalue weighted by atomic mass is 32.1. The predicted molar refractivity (Wildman–Crippen MR) is 119 cm³/mol. The summed E-state index contributed by atoms with van der Waals surface area (Å²) in [7, 11) is 0. The molecule has 0 radical (unpaired) electrons. The minimum atomic E-state index is -1.01. The number of thiophene rings is 1. The number of aromatic nitrogens is 1. The molecule has 1 aliphatic rings.